The molecule has 0 aliphatic heterocycles. The van der Waals surface area contributed by atoms with Crippen LogP contribution in [-0.2, 0) is 0 Å². The molecule has 0 amide bonds. The largest absolute Gasteiger partial charge is 0.333 e. The van der Waals surface area contributed by atoms with E-state index in [1.165, 1.54) is 0 Å². The molecule has 0 bridgehead atoms. The average Bonchev–Trinajstić information content (AvgIpc) is 2.69. The van der Waals surface area contributed by atoms with E-state index < -0.39 is 5.92 Å². The molecule has 0 saturated heterocycles. The Morgan fingerprint density at radius 2 is 2.12 bits per heavy atom. The highest BCUT2D eigenvalue weighted by Crippen LogP contribution is 2.43. The number of hydrogen-bond donors (Lipinski definition) is 1. The molecule has 17 heavy (non-hydrogen) atoms. The molecule has 4 nitrogen and oxygen atoms in total. The van der Waals surface area contributed by atoms with Crippen molar-refractivity contribution in [2.75, 3.05) is 5.32 Å². The molecule has 1 aliphatic rings. The molecule has 0 radical (unpaired) electrons. The van der Waals surface area contributed by atoms with Crippen molar-refractivity contribution in [2.45, 2.75) is 57.4 Å². The number of alkyl halides is 2. The summed E-state index contributed by atoms with van der Waals surface area (Å²) < 4.78 is 31.1. The quantitative estimate of drug-likeness (QED) is 0.869. The Kier molecular flexibility index (Phi) is 2.83. The van der Waals surface area contributed by atoms with Gasteiger partial charge >= 0.3 is 6.01 Å². The zero-order valence-electron chi connectivity index (χ0n) is 10.3. The fourth-order valence-electron chi connectivity index (χ4n) is 1.94. The molecule has 1 atom stereocenters. The minimum absolute atomic E-state index is 0.0890. The number of hydrogen-bond acceptors (Lipinski definition) is 4. The summed E-state index contributed by atoms with van der Waals surface area (Å²) in [5.74, 6) is -2.48. The zero-order chi connectivity index (χ0) is 12.7. The predicted octanol–water partition coefficient (Wildman–Crippen LogP) is 3.18. The van der Waals surface area contributed by atoms with E-state index in [0.29, 0.717) is 18.3 Å². The van der Waals surface area contributed by atoms with Crippen molar-refractivity contribution < 1.29 is 13.3 Å². The molecule has 1 aromatic heterocycles. The lowest BCUT2D eigenvalue weighted by Crippen LogP contribution is -2.26. The summed E-state index contributed by atoms with van der Waals surface area (Å²) in [5.41, 5.74) is -0.191. The number of rotatable bonds is 2. The normalized spacial score (nSPS) is 23.9. The van der Waals surface area contributed by atoms with E-state index >= 15 is 0 Å². The minimum Gasteiger partial charge on any atom is -0.333 e. The second-order valence-electron chi connectivity index (χ2n) is 5.63. The van der Waals surface area contributed by atoms with Gasteiger partial charge in [-0.2, -0.15) is 4.98 Å². The van der Waals surface area contributed by atoms with Crippen LogP contribution in [0.3, 0.4) is 0 Å². The second-order valence-corrected chi connectivity index (χ2v) is 5.63. The van der Waals surface area contributed by atoms with Crippen LogP contribution >= 0.6 is 0 Å². The van der Waals surface area contributed by atoms with Crippen LogP contribution in [0.25, 0.3) is 0 Å². The molecule has 0 aromatic carbocycles. The summed E-state index contributed by atoms with van der Waals surface area (Å²) in [4.78, 5) is 4.12. The van der Waals surface area contributed by atoms with Crippen LogP contribution in [0.15, 0.2) is 4.52 Å². The van der Waals surface area contributed by atoms with Gasteiger partial charge in [0.1, 0.15) is 0 Å². The molecular weight excluding hydrogens is 228 g/mol. The van der Waals surface area contributed by atoms with E-state index in [2.05, 4.69) is 15.5 Å². The van der Waals surface area contributed by atoms with Crippen LogP contribution in [0.2, 0.25) is 0 Å². The predicted molar refractivity (Wildman–Crippen MR) is 59.2 cm³/mol. The van der Waals surface area contributed by atoms with Crippen molar-refractivity contribution in [2.24, 2.45) is 0 Å². The summed E-state index contributed by atoms with van der Waals surface area (Å²) in [6, 6.07) is 0.294. The van der Waals surface area contributed by atoms with Gasteiger partial charge in [0, 0.05) is 24.3 Å². The number of nitrogens with zero attached hydrogens (tertiary/aromatic N) is 2. The zero-order valence-corrected chi connectivity index (χ0v) is 10.3. The lowest BCUT2D eigenvalue weighted by molar-refractivity contribution is 0.00749. The van der Waals surface area contributed by atoms with E-state index in [9.17, 15) is 8.78 Å². The van der Waals surface area contributed by atoms with Gasteiger partial charge < -0.3 is 9.84 Å². The van der Waals surface area contributed by atoms with Crippen molar-refractivity contribution in [3.05, 3.63) is 5.82 Å². The van der Waals surface area contributed by atoms with Crippen LogP contribution < -0.4 is 5.32 Å². The molecule has 1 N–H and O–H groups in total. The highest BCUT2D eigenvalue weighted by molar-refractivity contribution is 5.23. The third kappa shape index (κ3) is 3.14. The lowest BCUT2D eigenvalue weighted by atomic mass is 10.1. The van der Waals surface area contributed by atoms with Gasteiger partial charge in [-0.05, 0) is 27.2 Å². The fourth-order valence-corrected chi connectivity index (χ4v) is 1.94. The maximum atomic E-state index is 13.1. The van der Waals surface area contributed by atoms with Crippen LogP contribution in [0.1, 0.15) is 51.8 Å². The Hall–Kier alpha value is -1.20. The van der Waals surface area contributed by atoms with Gasteiger partial charge in [0.05, 0.1) is 0 Å². The van der Waals surface area contributed by atoms with E-state index in [0.717, 1.165) is 0 Å². The van der Waals surface area contributed by atoms with E-state index in [1.807, 2.05) is 20.8 Å². The first-order chi connectivity index (χ1) is 7.75. The van der Waals surface area contributed by atoms with Crippen LogP contribution in [0.5, 0.6) is 0 Å². The summed E-state index contributed by atoms with van der Waals surface area (Å²) >= 11 is 0. The molecule has 1 unspecified atom stereocenters. The summed E-state index contributed by atoms with van der Waals surface area (Å²) in [7, 11) is 0. The highest BCUT2D eigenvalue weighted by Gasteiger charge is 2.41. The van der Waals surface area contributed by atoms with Crippen molar-refractivity contribution in [1.82, 2.24) is 10.1 Å². The number of nitrogens with one attached hydrogen (secondary N) is 1. The molecule has 1 heterocycles. The first-order valence-electron chi connectivity index (χ1n) is 5.75. The minimum atomic E-state index is -2.58. The van der Waals surface area contributed by atoms with Gasteiger partial charge in [0.2, 0.25) is 5.92 Å². The van der Waals surface area contributed by atoms with Crippen LogP contribution in [-0.4, -0.2) is 21.6 Å². The molecular formula is C11H17F2N3O. The molecule has 1 aliphatic carbocycles. The molecule has 1 saturated carbocycles. The lowest BCUT2D eigenvalue weighted by Gasteiger charge is -2.17. The third-order valence-electron chi connectivity index (χ3n) is 2.69. The van der Waals surface area contributed by atoms with Gasteiger partial charge in [0.15, 0.2) is 5.82 Å². The van der Waals surface area contributed by atoms with Crippen molar-refractivity contribution in [3.8, 4) is 0 Å². The maximum absolute atomic E-state index is 13.1. The fraction of sp³-hybridized carbons (Fsp3) is 0.818. The molecule has 6 heteroatoms. The summed E-state index contributed by atoms with van der Waals surface area (Å²) in [6.07, 6.45) is 0.150. The number of anilines is 1. The Labute approximate surface area is 98.8 Å². The Morgan fingerprint density at radius 3 is 2.65 bits per heavy atom. The first kappa shape index (κ1) is 12.3. The van der Waals surface area contributed by atoms with Crippen molar-refractivity contribution in [3.63, 3.8) is 0 Å². The van der Waals surface area contributed by atoms with Gasteiger partial charge in [-0.25, -0.2) is 8.78 Å². The summed E-state index contributed by atoms with van der Waals surface area (Å²) in [6.45, 7) is 5.88. The van der Waals surface area contributed by atoms with E-state index in [1.54, 1.807) is 0 Å². The second kappa shape index (κ2) is 3.92. The van der Waals surface area contributed by atoms with Crippen molar-refractivity contribution >= 4 is 6.01 Å². The monoisotopic (exact) mass is 245 g/mol. The maximum Gasteiger partial charge on any atom is 0.321 e. The molecule has 96 valence electrons. The van der Waals surface area contributed by atoms with Crippen LogP contribution in [0, 0.1) is 0 Å². The SMILES string of the molecule is CC(C)(C)Nc1nc(C2CCC(F)(F)C2)no1. The number of aromatic nitrogens is 2. The molecule has 2 rings (SSSR count). The van der Waals surface area contributed by atoms with E-state index in [4.69, 9.17) is 4.52 Å². The summed E-state index contributed by atoms with van der Waals surface area (Å²) in [5, 5.41) is 6.78. The first-order valence-corrected chi connectivity index (χ1v) is 5.75. The van der Waals surface area contributed by atoms with Crippen molar-refractivity contribution in [1.29, 1.82) is 0 Å². The average molecular weight is 245 g/mol. The Bertz CT molecular complexity index is 398. The molecule has 0 spiro atoms. The molecule has 1 aromatic rings. The van der Waals surface area contributed by atoms with Gasteiger partial charge in [-0.1, -0.05) is 5.16 Å². The van der Waals surface area contributed by atoms with Gasteiger partial charge in [-0.3, -0.25) is 0 Å². The standard InChI is InChI=1S/C11H17F2N3O/c1-10(2,3)15-9-14-8(16-17-9)7-4-5-11(12,13)6-7/h7H,4-6H2,1-3H3,(H,14,15,16). The van der Waals surface area contributed by atoms with Crippen LogP contribution in [0.4, 0.5) is 14.8 Å². The Morgan fingerprint density at radius 1 is 1.41 bits per heavy atom. The third-order valence-corrected chi connectivity index (χ3v) is 2.69. The molecule has 1 fully saturated rings. The number of halogens is 2. The topological polar surface area (TPSA) is 51.0 Å². The van der Waals surface area contributed by atoms with Gasteiger partial charge in [-0.15, -0.1) is 0 Å². The smallest absolute Gasteiger partial charge is 0.321 e. The van der Waals surface area contributed by atoms with E-state index in [-0.39, 0.29) is 24.3 Å². The van der Waals surface area contributed by atoms with Gasteiger partial charge in [0.25, 0.3) is 0 Å². The Balaban J connectivity index is 2.04. The highest BCUT2D eigenvalue weighted by atomic mass is 19.3.